The van der Waals surface area contributed by atoms with E-state index in [1.54, 1.807) is 24.4 Å². The quantitative estimate of drug-likeness (QED) is 0.744. The molecule has 1 saturated heterocycles. The summed E-state index contributed by atoms with van der Waals surface area (Å²) in [5.74, 6) is 0.751. The zero-order valence-electron chi connectivity index (χ0n) is 14.5. The highest BCUT2D eigenvalue weighted by Crippen LogP contribution is 2.26. The van der Waals surface area contributed by atoms with Crippen molar-refractivity contribution in [1.82, 2.24) is 9.97 Å². The standard InChI is InChI=1S/C20H19ClN4O/c1-13-17(8-9-18(23-13)25-11-2-3-12-25)24-20(26)15-6-7-16(21)14-5-4-10-22-19(14)15/h4-10H,2-3,11-12H2,1H3,(H,24,26). The number of nitrogens with zero attached hydrogens (tertiary/aromatic N) is 3. The van der Waals surface area contributed by atoms with Crippen LogP contribution in [0.1, 0.15) is 28.9 Å². The first-order valence-electron chi connectivity index (χ1n) is 8.70. The number of amides is 1. The lowest BCUT2D eigenvalue weighted by molar-refractivity contribution is 0.102. The molecule has 1 amide bonds. The predicted octanol–water partition coefficient (Wildman–Crippen LogP) is 4.44. The van der Waals surface area contributed by atoms with Crippen molar-refractivity contribution in [3.8, 4) is 0 Å². The number of aryl methyl sites for hydroxylation is 1. The van der Waals surface area contributed by atoms with Gasteiger partial charge in [-0.2, -0.15) is 0 Å². The number of fused-ring (bicyclic) bond motifs is 1. The number of nitrogens with one attached hydrogen (secondary N) is 1. The molecule has 4 rings (SSSR count). The maximum Gasteiger partial charge on any atom is 0.257 e. The number of hydrogen-bond donors (Lipinski definition) is 1. The van der Waals surface area contributed by atoms with Crippen LogP contribution in [0, 0.1) is 6.92 Å². The summed E-state index contributed by atoms with van der Waals surface area (Å²) in [4.78, 5) is 24.1. The van der Waals surface area contributed by atoms with E-state index in [4.69, 9.17) is 11.6 Å². The van der Waals surface area contributed by atoms with Gasteiger partial charge in [0.25, 0.3) is 5.91 Å². The number of hydrogen-bond acceptors (Lipinski definition) is 4. The minimum atomic E-state index is -0.218. The molecule has 0 bridgehead atoms. The van der Waals surface area contributed by atoms with Gasteiger partial charge in [-0.05, 0) is 56.2 Å². The van der Waals surface area contributed by atoms with Crippen LogP contribution in [0.25, 0.3) is 10.9 Å². The molecule has 1 fully saturated rings. The summed E-state index contributed by atoms with van der Waals surface area (Å²) < 4.78 is 0. The Labute approximate surface area is 157 Å². The second kappa shape index (κ2) is 6.92. The highest BCUT2D eigenvalue weighted by molar-refractivity contribution is 6.36. The molecule has 0 spiro atoms. The maximum atomic E-state index is 12.8. The highest BCUT2D eigenvalue weighted by atomic mass is 35.5. The van der Waals surface area contributed by atoms with E-state index in [2.05, 4.69) is 20.2 Å². The first-order chi connectivity index (χ1) is 12.6. The number of halogens is 1. The molecular weight excluding hydrogens is 348 g/mol. The van der Waals surface area contributed by atoms with Crippen LogP contribution in [0.2, 0.25) is 5.02 Å². The second-order valence-electron chi connectivity index (χ2n) is 6.45. The molecule has 1 aliphatic heterocycles. The van der Waals surface area contributed by atoms with Gasteiger partial charge >= 0.3 is 0 Å². The molecule has 132 valence electrons. The van der Waals surface area contributed by atoms with Gasteiger partial charge in [-0.3, -0.25) is 9.78 Å². The minimum Gasteiger partial charge on any atom is -0.357 e. The normalized spacial score (nSPS) is 14.0. The first-order valence-corrected chi connectivity index (χ1v) is 9.08. The molecule has 0 saturated carbocycles. The third-order valence-electron chi connectivity index (χ3n) is 4.71. The lowest BCUT2D eigenvalue weighted by Gasteiger charge is -2.18. The van der Waals surface area contributed by atoms with E-state index in [-0.39, 0.29) is 5.91 Å². The van der Waals surface area contributed by atoms with Crippen molar-refractivity contribution in [2.45, 2.75) is 19.8 Å². The predicted molar refractivity (Wildman–Crippen MR) is 105 cm³/mol. The van der Waals surface area contributed by atoms with Crippen LogP contribution in [0.4, 0.5) is 11.5 Å². The fourth-order valence-electron chi connectivity index (χ4n) is 3.31. The summed E-state index contributed by atoms with van der Waals surface area (Å²) in [5.41, 5.74) is 2.59. The van der Waals surface area contributed by atoms with Gasteiger partial charge in [-0.1, -0.05) is 11.6 Å². The number of rotatable bonds is 3. The molecule has 0 radical (unpaired) electrons. The van der Waals surface area contributed by atoms with Gasteiger partial charge in [-0.25, -0.2) is 4.98 Å². The third-order valence-corrected chi connectivity index (χ3v) is 5.04. The minimum absolute atomic E-state index is 0.218. The van der Waals surface area contributed by atoms with Gasteiger partial charge in [0.1, 0.15) is 5.82 Å². The molecule has 0 atom stereocenters. The molecular formula is C20H19ClN4O. The fourth-order valence-corrected chi connectivity index (χ4v) is 3.53. The Morgan fingerprint density at radius 3 is 2.73 bits per heavy atom. The van der Waals surface area contributed by atoms with Crippen LogP contribution in [-0.2, 0) is 0 Å². The highest BCUT2D eigenvalue weighted by Gasteiger charge is 2.17. The number of carbonyl (C=O) groups is 1. The SMILES string of the molecule is Cc1nc(N2CCCC2)ccc1NC(=O)c1ccc(Cl)c2cccnc12. The maximum absolute atomic E-state index is 12.8. The summed E-state index contributed by atoms with van der Waals surface area (Å²) >= 11 is 6.21. The lowest BCUT2D eigenvalue weighted by Crippen LogP contribution is -2.20. The molecule has 6 heteroatoms. The molecule has 3 heterocycles. The third kappa shape index (κ3) is 3.10. The Balaban J connectivity index is 1.62. The zero-order chi connectivity index (χ0) is 18.1. The molecule has 5 nitrogen and oxygen atoms in total. The van der Waals surface area contributed by atoms with Crippen molar-refractivity contribution in [1.29, 1.82) is 0 Å². The topological polar surface area (TPSA) is 58.1 Å². The Bertz CT molecular complexity index is 983. The molecule has 1 aromatic carbocycles. The Morgan fingerprint density at radius 1 is 1.15 bits per heavy atom. The monoisotopic (exact) mass is 366 g/mol. The van der Waals surface area contributed by atoms with E-state index < -0.39 is 0 Å². The van der Waals surface area contributed by atoms with Crippen molar-refractivity contribution < 1.29 is 4.79 Å². The summed E-state index contributed by atoms with van der Waals surface area (Å²) in [6.07, 6.45) is 4.07. The van der Waals surface area contributed by atoms with Gasteiger partial charge < -0.3 is 10.2 Å². The van der Waals surface area contributed by atoms with E-state index in [9.17, 15) is 4.79 Å². The fraction of sp³-hybridized carbons (Fsp3) is 0.250. The second-order valence-corrected chi connectivity index (χ2v) is 6.85. The molecule has 1 aliphatic rings. The first kappa shape index (κ1) is 16.8. The van der Waals surface area contributed by atoms with Crippen molar-refractivity contribution in [2.75, 3.05) is 23.3 Å². The molecule has 0 aliphatic carbocycles. The smallest absolute Gasteiger partial charge is 0.257 e. The summed E-state index contributed by atoms with van der Waals surface area (Å²) in [6.45, 7) is 3.99. The van der Waals surface area contributed by atoms with Crippen LogP contribution < -0.4 is 10.2 Å². The number of pyridine rings is 2. The Morgan fingerprint density at radius 2 is 1.96 bits per heavy atom. The van der Waals surface area contributed by atoms with E-state index in [0.29, 0.717) is 21.8 Å². The molecule has 26 heavy (non-hydrogen) atoms. The van der Waals surface area contributed by atoms with Crippen molar-refractivity contribution in [2.24, 2.45) is 0 Å². The number of anilines is 2. The van der Waals surface area contributed by atoms with Gasteiger partial charge in [0, 0.05) is 24.7 Å². The summed E-state index contributed by atoms with van der Waals surface area (Å²) in [6, 6.07) is 11.0. The molecule has 1 N–H and O–H groups in total. The average molecular weight is 367 g/mol. The van der Waals surface area contributed by atoms with Crippen LogP contribution in [-0.4, -0.2) is 29.0 Å². The largest absolute Gasteiger partial charge is 0.357 e. The molecule has 2 aromatic heterocycles. The van der Waals surface area contributed by atoms with Crippen LogP contribution >= 0.6 is 11.6 Å². The van der Waals surface area contributed by atoms with Crippen molar-refractivity contribution in [3.05, 3.63) is 58.9 Å². The summed E-state index contributed by atoms with van der Waals surface area (Å²) in [5, 5.41) is 4.30. The summed E-state index contributed by atoms with van der Waals surface area (Å²) in [7, 11) is 0. The van der Waals surface area contributed by atoms with Gasteiger partial charge in [-0.15, -0.1) is 0 Å². The molecule has 0 unspecified atom stereocenters. The lowest BCUT2D eigenvalue weighted by atomic mass is 10.1. The number of carbonyl (C=O) groups excluding carboxylic acids is 1. The number of aromatic nitrogens is 2. The van der Waals surface area contributed by atoms with Gasteiger partial charge in [0.15, 0.2) is 0 Å². The van der Waals surface area contributed by atoms with Gasteiger partial charge in [0.05, 0.1) is 27.5 Å². The van der Waals surface area contributed by atoms with Crippen molar-refractivity contribution in [3.63, 3.8) is 0 Å². The Hall–Kier alpha value is -2.66. The number of benzene rings is 1. The van der Waals surface area contributed by atoms with E-state index >= 15 is 0 Å². The van der Waals surface area contributed by atoms with Crippen LogP contribution in [0.3, 0.4) is 0 Å². The average Bonchev–Trinajstić information content (AvgIpc) is 3.18. The molecule has 3 aromatic rings. The van der Waals surface area contributed by atoms with Crippen LogP contribution in [0.15, 0.2) is 42.6 Å². The van der Waals surface area contributed by atoms with Crippen LogP contribution in [0.5, 0.6) is 0 Å². The van der Waals surface area contributed by atoms with Gasteiger partial charge in [0.2, 0.25) is 0 Å². The van der Waals surface area contributed by atoms with Crippen molar-refractivity contribution >= 4 is 39.9 Å². The van der Waals surface area contributed by atoms with E-state index in [0.717, 1.165) is 30.0 Å². The Kier molecular flexibility index (Phi) is 4.47. The zero-order valence-corrected chi connectivity index (χ0v) is 15.3. The van der Waals surface area contributed by atoms with E-state index in [1.165, 1.54) is 12.8 Å². The van der Waals surface area contributed by atoms with E-state index in [1.807, 2.05) is 25.1 Å².